The summed E-state index contributed by atoms with van der Waals surface area (Å²) in [5.41, 5.74) is 7.23. The minimum Gasteiger partial charge on any atom is -0.356 e. The van der Waals surface area contributed by atoms with E-state index in [0.29, 0.717) is 0 Å². The third kappa shape index (κ3) is 2.84. The van der Waals surface area contributed by atoms with Crippen LogP contribution in [0.25, 0.3) is 27.5 Å². The zero-order chi connectivity index (χ0) is 18.9. The lowest BCUT2D eigenvalue weighted by molar-refractivity contribution is 1.14. The number of nitrogens with zero attached hydrogens (tertiary/aromatic N) is 1. The molecule has 0 atom stereocenters. The van der Waals surface area contributed by atoms with Gasteiger partial charge in [0, 0.05) is 27.8 Å². The largest absolute Gasteiger partial charge is 0.356 e. The fourth-order valence-corrected chi connectivity index (χ4v) is 3.91. The zero-order valence-corrected chi connectivity index (χ0v) is 15.9. The van der Waals surface area contributed by atoms with E-state index in [4.69, 9.17) is 0 Å². The smallest absolute Gasteiger partial charge is 0.0542 e. The lowest BCUT2D eigenvalue weighted by Crippen LogP contribution is -1.94. The van der Waals surface area contributed by atoms with E-state index in [1.165, 1.54) is 33.1 Å². The number of rotatable bonds is 4. The van der Waals surface area contributed by atoms with Crippen LogP contribution in [0.3, 0.4) is 0 Å². The predicted molar refractivity (Wildman–Crippen MR) is 120 cm³/mol. The van der Waals surface area contributed by atoms with Crippen molar-refractivity contribution in [3.63, 3.8) is 0 Å². The number of nitrogens with one attached hydrogen (secondary N) is 1. The summed E-state index contributed by atoms with van der Waals surface area (Å²) < 4.78 is 2.36. The van der Waals surface area contributed by atoms with Crippen LogP contribution in [0.15, 0.2) is 97.1 Å². The second kappa shape index (κ2) is 6.90. The molecule has 1 aromatic heterocycles. The van der Waals surface area contributed by atoms with Gasteiger partial charge in [-0.2, -0.15) is 0 Å². The molecule has 0 bridgehead atoms. The summed E-state index contributed by atoms with van der Waals surface area (Å²) in [6, 6.07) is 34.4. The molecule has 1 heterocycles. The average molecular weight is 362 g/mol. The summed E-state index contributed by atoms with van der Waals surface area (Å²) in [5, 5.41) is 6.10. The van der Waals surface area contributed by atoms with Crippen molar-refractivity contribution in [1.82, 2.24) is 4.57 Å². The van der Waals surface area contributed by atoms with Crippen molar-refractivity contribution in [2.75, 3.05) is 5.32 Å². The minimum atomic E-state index is 1.04. The van der Waals surface area contributed by atoms with Crippen molar-refractivity contribution in [1.29, 1.82) is 0 Å². The molecule has 0 aliphatic rings. The average Bonchev–Trinajstić information content (AvgIpc) is 3.08. The van der Waals surface area contributed by atoms with Gasteiger partial charge in [-0.05, 0) is 66.6 Å². The topological polar surface area (TPSA) is 17.0 Å². The first kappa shape index (κ1) is 16.6. The van der Waals surface area contributed by atoms with Crippen molar-refractivity contribution in [2.45, 2.75) is 13.3 Å². The fourth-order valence-electron chi connectivity index (χ4n) is 3.91. The highest BCUT2D eigenvalue weighted by atomic mass is 15.0. The predicted octanol–water partition coefficient (Wildman–Crippen LogP) is 7.09. The van der Waals surface area contributed by atoms with Crippen LogP contribution in [0, 0.1) is 0 Å². The van der Waals surface area contributed by atoms with Crippen LogP contribution in [0.1, 0.15) is 12.5 Å². The maximum atomic E-state index is 3.53. The number of aromatic nitrogens is 1. The highest BCUT2D eigenvalue weighted by molar-refractivity contribution is 6.10. The van der Waals surface area contributed by atoms with E-state index in [1.54, 1.807) is 0 Å². The van der Waals surface area contributed by atoms with Gasteiger partial charge in [0.25, 0.3) is 0 Å². The summed E-state index contributed by atoms with van der Waals surface area (Å²) in [5.74, 6) is 0. The Labute approximate surface area is 165 Å². The monoisotopic (exact) mass is 362 g/mol. The van der Waals surface area contributed by atoms with E-state index < -0.39 is 0 Å². The van der Waals surface area contributed by atoms with Crippen molar-refractivity contribution < 1.29 is 0 Å². The Balaban J connectivity index is 1.75. The number of fused-ring (bicyclic) bond motifs is 3. The fraction of sp³-hybridized carbons (Fsp3) is 0.0769. The number of hydrogen-bond acceptors (Lipinski definition) is 1. The van der Waals surface area contributed by atoms with Gasteiger partial charge in [0.1, 0.15) is 0 Å². The van der Waals surface area contributed by atoms with Gasteiger partial charge < -0.3 is 9.88 Å². The van der Waals surface area contributed by atoms with Gasteiger partial charge in [0.05, 0.1) is 11.0 Å². The molecule has 0 fully saturated rings. The molecule has 2 nitrogen and oxygen atoms in total. The van der Waals surface area contributed by atoms with Gasteiger partial charge in [0.15, 0.2) is 0 Å². The summed E-state index contributed by atoms with van der Waals surface area (Å²) >= 11 is 0. The van der Waals surface area contributed by atoms with E-state index in [0.717, 1.165) is 17.8 Å². The van der Waals surface area contributed by atoms with E-state index in [9.17, 15) is 0 Å². The second-order valence-corrected chi connectivity index (χ2v) is 7.10. The Bertz CT molecular complexity index is 1250. The van der Waals surface area contributed by atoms with E-state index in [1.807, 2.05) is 6.07 Å². The highest BCUT2D eigenvalue weighted by Gasteiger charge is 2.13. The van der Waals surface area contributed by atoms with Crippen molar-refractivity contribution in [3.8, 4) is 5.69 Å². The van der Waals surface area contributed by atoms with E-state index >= 15 is 0 Å². The first-order valence-corrected chi connectivity index (χ1v) is 9.78. The van der Waals surface area contributed by atoms with Gasteiger partial charge in [0.2, 0.25) is 0 Å². The first-order chi connectivity index (χ1) is 13.8. The highest BCUT2D eigenvalue weighted by Crippen LogP contribution is 2.35. The van der Waals surface area contributed by atoms with Gasteiger partial charge in [-0.15, -0.1) is 0 Å². The van der Waals surface area contributed by atoms with Gasteiger partial charge in [-0.25, -0.2) is 0 Å². The molecule has 0 aliphatic heterocycles. The van der Waals surface area contributed by atoms with Crippen LogP contribution in [-0.4, -0.2) is 4.57 Å². The number of para-hydroxylation sites is 2. The Kier molecular flexibility index (Phi) is 4.10. The molecule has 1 N–H and O–H groups in total. The molecule has 0 saturated heterocycles. The molecule has 0 amide bonds. The van der Waals surface area contributed by atoms with Crippen LogP contribution in [0.5, 0.6) is 0 Å². The van der Waals surface area contributed by atoms with Crippen LogP contribution >= 0.6 is 0 Å². The van der Waals surface area contributed by atoms with Crippen LogP contribution in [0.2, 0.25) is 0 Å². The lowest BCUT2D eigenvalue weighted by Gasteiger charge is -2.09. The lowest BCUT2D eigenvalue weighted by atomic mass is 10.1. The molecule has 0 spiro atoms. The zero-order valence-electron chi connectivity index (χ0n) is 15.9. The third-order valence-electron chi connectivity index (χ3n) is 5.31. The number of anilines is 2. The quantitative estimate of drug-likeness (QED) is 0.361. The van der Waals surface area contributed by atoms with Gasteiger partial charge >= 0.3 is 0 Å². The molecule has 4 aromatic carbocycles. The third-order valence-corrected chi connectivity index (χ3v) is 5.31. The van der Waals surface area contributed by atoms with Crippen molar-refractivity contribution in [3.05, 3.63) is 103 Å². The van der Waals surface area contributed by atoms with Crippen molar-refractivity contribution in [2.24, 2.45) is 0 Å². The summed E-state index contributed by atoms with van der Waals surface area (Å²) in [6.07, 6.45) is 1.04. The SMILES string of the molecule is CCc1ccc2c(c1)c1cc(Nc3ccccc3)ccc1n2-c1ccccc1. The molecule has 0 aliphatic carbocycles. The van der Waals surface area contributed by atoms with Crippen LogP contribution in [0.4, 0.5) is 11.4 Å². The van der Waals surface area contributed by atoms with Crippen LogP contribution < -0.4 is 5.32 Å². The molecule has 0 radical (unpaired) electrons. The molecule has 0 saturated carbocycles. The standard InChI is InChI=1S/C26H22N2/c1-2-19-13-15-25-23(17-19)24-18-21(27-20-9-5-3-6-10-20)14-16-26(24)28(25)22-11-7-4-8-12-22/h3-18,27H,2H2,1H3. The molecular formula is C26H22N2. The Hall–Kier alpha value is -3.52. The Morgan fingerprint density at radius 3 is 2.00 bits per heavy atom. The van der Waals surface area contributed by atoms with Gasteiger partial charge in [-0.3, -0.25) is 0 Å². The summed E-state index contributed by atoms with van der Waals surface area (Å²) in [4.78, 5) is 0. The molecular weight excluding hydrogens is 340 g/mol. The van der Waals surface area contributed by atoms with Crippen LogP contribution in [-0.2, 0) is 6.42 Å². The van der Waals surface area contributed by atoms with E-state index in [2.05, 4.69) is 108 Å². The molecule has 28 heavy (non-hydrogen) atoms. The number of aryl methyl sites for hydroxylation is 1. The summed E-state index contributed by atoms with van der Waals surface area (Å²) in [7, 11) is 0. The maximum Gasteiger partial charge on any atom is 0.0542 e. The minimum absolute atomic E-state index is 1.04. The van der Waals surface area contributed by atoms with Crippen molar-refractivity contribution >= 4 is 33.2 Å². The second-order valence-electron chi connectivity index (χ2n) is 7.10. The Morgan fingerprint density at radius 2 is 1.29 bits per heavy atom. The Morgan fingerprint density at radius 1 is 0.643 bits per heavy atom. The first-order valence-electron chi connectivity index (χ1n) is 9.78. The molecule has 2 heteroatoms. The number of hydrogen-bond donors (Lipinski definition) is 1. The summed E-state index contributed by atoms with van der Waals surface area (Å²) in [6.45, 7) is 2.21. The normalized spacial score (nSPS) is 11.2. The maximum absolute atomic E-state index is 3.53. The molecule has 5 aromatic rings. The van der Waals surface area contributed by atoms with E-state index in [-0.39, 0.29) is 0 Å². The molecule has 5 rings (SSSR count). The molecule has 136 valence electrons. The van der Waals surface area contributed by atoms with Gasteiger partial charge in [-0.1, -0.05) is 49.4 Å². The molecule has 0 unspecified atom stereocenters. The number of benzene rings is 4.